The summed E-state index contributed by atoms with van der Waals surface area (Å²) >= 11 is 0. The van der Waals surface area contributed by atoms with Gasteiger partial charge in [0.05, 0.1) is 12.7 Å². The van der Waals surface area contributed by atoms with Gasteiger partial charge in [-0.3, -0.25) is 0 Å². The summed E-state index contributed by atoms with van der Waals surface area (Å²) in [4.78, 5) is 0. The van der Waals surface area contributed by atoms with Crippen LogP contribution in [0, 0.1) is 0 Å². The maximum absolute atomic E-state index is 4.10. The summed E-state index contributed by atoms with van der Waals surface area (Å²) in [6, 6.07) is 10.4. The number of para-hydroxylation sites is 1. The summed E-state index contributed by atoms with van der Waals surface area (Å²) in [6.07, 6.45) is 1.97. The molecule has 4 nitrogen and oxygen atoms in total. The van der Waals surface area contributed by atoms with Gasteiger partial charge in [0, 0.05) is 11.7 Å². The lowest BCUT2D eigenvalue weighted by molar-refractivity contribution is 0.514. The highest BCUT2D eigenvalue weighted by atomic mass is 15.4. The summed E-state index contributed by atoms with van der Waals surface area (Å²) in [5.41, 5.74) is 2.05. The number of nitrogens with one attached hydrogen (secondary N) is 1. The van der Waals surface area contributed by atoms with E-state index in [1.54, 1.807) is 0 Å². The third-order valence-electron chi connectivity index (χ3n) is 2.33. The van der Waals surface area contributed by atoms with Gasteiger partial charge in [0.15, 0.2) is 0 Å². The standard InChI is InChI=1S/C12H16N4/c1-10(2)16-9-12(14-15-16)8-13-11-6-4-3-5-7-11/h3-7,9-10,13H,8H2,1-2H3. The van der Waals surface area contributed by atoms with Crippen LogP contribution in [0.2, 0.25) is 0 Å². The van der Waals surface area contributed by atoms with Crippen LogP contribution in [0.3, 0.4) is 0 Å². The van der Waals surface area contributed by atoms with E-state index in [9.17, 15) is 0 Å². The molecule has 1 aromatic heterocycles. The molecule has 0 atom stereocenters. The molecule has 0 aliphatic carbocycles. The molecular formula is C12H16N4. The van der Waals surface area contributed by atoms with E-state index in [1.807, 2.05) is 41.2 Å². The van der Waals surface area contributed by atoms with Gasteiger partial charge in [0.1, 0.15) is 5.69 Å². The molecular weight excluding hydrogens is 200 g/mol. The van der Waals surface area contributed by atoms with Gasteiger partial charge in [-0.15, -0.1) is 5.10 Å². The highest BCUT2D eigenvalue weighted by molar-refractivity contribution is 5.42. The van der Waals surface area contributed by atoms with Crippen molar-refractivity contribution in [3.05, 3.63) is 42.2 Å². The number of nitrogens with zero attached hydrogens (tertiary/aromatic N) is 3. The number of anilines is 1. The summed E-state index contributed by atoms with van der Waals surface area (Å²) in [7, 11) is 0. The molecule has 2 aromatic rings. The van der Waals surface area contributed by atoms with Crippen LogP contribution in [-0.2, 0) is 6.54 Å². The van der Waals surface area contributed by atoms with Crippen molar-refractivity contribution in [2.45, 2.75) is 26.4 Å². The molecule has 0 aliphatic rings. The molecule has 16 heavy (non-hydrogen) atoms. The molecule has 0 radical (unpaired) electrons. The second-order valence-electron chi connectivity index (χ2n) is 4.00. The van der Waals surface area contributed by atoms with Crippen molar-refractivity contribution >= 4 is 5.69 Å². The molecule has 1 heterocycles. The van der Waals surface area contributed by atoms with Crippen molar-refractivity contribution in [2.24, 2.45) is 0 Å². The van der Waals surface area contributed by atoms with Crippen LogP contribution < -0.4 is 5.32 Å². The Bertz CT molecular complexity index is 433. The highest BCUT2D eigenvalue weighted by Gasteiger charge is 2.02. The maximum Gasteiger partial charge on any atom is 0.102 e. The lowest BCUT2D eigenvalue weighted by atomic mass is 10.3. The largest absolute Gasteiger partial charge is 0.379 e. The van der Waals surface area contributed by atoms with Crippen LogP contribution in [0.1, 0.15) is 25.6 Å². The van der Waals surface area contributed by atoms with Crippen LogP contribution in [0.4, 0.5) is 5.69 Å². The normalized spacial score (nSPS) is 10.7. The van der Waals surface area contributed by atoms with Gasteiger partial charge in [-0.1, -0.05) is 23.4 Å². The van der Waals surface area contributed by atoms with E-state index in [0.717, 1.165) is 11.4 Å². The Kier molecular flexibility index (Phi) is 3.19. The topological polar surface area (TPSA) is 42.7 Å². The van der Waals surface area contributed by atoms with Gasteiger partial charge < -0.3 is 5.32 Å². The van der Waals surface area contributed by atoms with Crippen molar-refractivity contribution in [1.29, 1.82) is 0 Å². The Morgan fingerprint density at radius 3 is 2.62 bits per heavy atom. The third-order valence-corrected chi connectivity index (χ3v) is 2.33. The first-order valence-corrected chi connectivity index (χ1v) is 5.45. The van der Waals surface area contributed by atoms with Gasteiger partial charge in [-0.2, -0.15) is 0 Å². The Balaban J connectivity index is 1.95. The Labute approximate surface area is 95.3 Å². The van der Waals surface area contributed by atoms with Crippen LogP contribution in [0.25, 0.3) is 0 Å². The molecule has 84 valence electrons. The molecule has 0 unspecified atom stereocenters. The molecule has 1 aromatic carbocycles. The zero-order valence-electron chi connectivity index (χ0n) is 9.59. The number of rotatable bonds is 4. The summed E-state index contributed by atoms with van der Waals surface area (Å²) in [6.45, 7) is 4.88. The van der Waals surface area contributed by atoms with Crippen molar-refractivity contribution in [2.75, 3.05) is 5.32 Å². The first-order valence-electron chi connectivity index (χ1n) is 5.45. The third kappa shape index (κ3) is 2.59. The number of hydrogen-bond acceptors (Lipinski definition) is 3. The van der Waals surface area contributed by atoms with E-state index in [4.69, 9.17) is 0 Å². The van der Waals surface area contributed by atoms with Crippen LogP contribution in [-0.4, -0.2) is 15.0 Å². The molecule has 0 aliphatic heterocycles. The summed E-state index contributed by atoms with van der Waals surface area (Å²) < 4.78 is 1.86. The molecule has 0 spiro atoms. The Morgan fingerprint density at radius 1 is 1.25 bits per heavy atom. The first kappa shape index (κ1) is 10.7. The lowest BCUT2D eigenvalue weighted by Crippen LogP contribution is -2.01. The van der Waals surface area contributed by atoms with Gasteiger partial charge in [-0.05, 0) is 26.0 Å². The molecule has 1 N–H and O–H groups in total. The fourth-order valence-electron chi connectivity index (χ4n) is 1.40. The second kappa shape index (κ2) is 4.79. The molecule has 0 bridgehead atoms. The number of aromatic nitrogens is 3. The molecule has 0 saturated carbocycles. The Hall–Kier alpha value is -1.84. The monoisotopic (exact) mass is 216 g/mol. The number of benzene rings is 1. The quantitative estimate of drug-likeness (QED) is 0.853. The summed E-state index contributed by atoms with van der Waals surface area (Å²) in [5.74, 6) is 0. The molecule has 2 rings (SSSR count). The predicted molar refractivity (Wildman–Crippen MR) is 64.2 cm³/mol. The van der Waals surface area contributed by atoms with E-state index >= 15 is 0 Å². The second-order valence-corrected chi connectivity index (χ2v) is 4.00. The highest BCUT2D eigenvalue weighted by Crippen LogP contribution is 2.08. The molecule has 4 heteroatoms. The minimum Gasteiger partial charge on any atom is -0.379 e. The smallest absolute Gasteiger partial charge is 0.102 e. The Morgan fingerprint density at radius 2 is 2.00 bits per heavy atom. The average Bonchev–Trinajstić information content (AvgIpc) is 2.76. The zero-order chi connectivity index (χ0) is 11.4. The van der Waals surface area contributed by atoms with Gasteiger partial charge in [-0.25, -0.2) is 4.68 Å². The fourth-order valence-corrected chi connectivity index (χ4v) is 1.40. The van der Waals surface area contributed by atoms with E-state index in [-0.39, 0.29) is 0 Å². The van der Waals surface area contributed by atoms with E-state index in [0.29, 0.717) is 12.6 Å². The van der Waals surface area contributed by atoms with E-state index in [1.165, 1.54) is 0 Å². The van der Waals surface area contributed by atoms with Crippen LogP contribution in [0.5, 0.6) is 0 Å². The average molecular weight is 216 g/mol. The molecule has 0 fully saturated rings. The lowest BCUT2D eigenvalue weighted by Gasteiger charge is -2.03. The molecule has 0 amide bonds. The first-order chi connectivity index (χ1) is 7.75. The summed E-state index contributed by atoms with van der Waals surface area (Å²) in [5, 5.41) is 11.5. The SMILES string of the molecule is CC(C)n1cc(CNc2ccccc2)nn1. The van der Waals surface area contributed by atoms with Crippen molar-refractivity contribution < 1.29 is 0 Å². The minimum absolute atomic E-state index is 0.359. The van der Waals surface area contributed by atoms with Gasteiger partial charge >= 0.3 is 0 Å². The van der Waals surface area contributed by atoms with Crippen molar-refractivity contribution in [3.63, 3.8) is 0 Å². The van der Waals surface area contributed by atoms with E-state index < -0.39 is 0 Å². The number of hydrogen-bond donors (Lipinski definition) is 1. The zero-order valence-corrected chi connectivity index (χ0v) is 9.59. The maximum atomic E-state index is 4.10. The molecule has 0 saturated heterocycles. The van der Waals surface area contributed by atoms with Crippen LogP contribution >= 0.6 is 0 Å². The van der Waals surface area contributed by atoms with Gasteiger partial charge in [0.2, 0.25) is 0 Å². The van der Waals surface area contributed by atoms with E-state index in [2.05, 4.69) is 29.5 Å². The minimum atomic E-state index is 0.359. The van der Waals surface area contributed by atoms with Crippen molar-refractivity contribution in [3.8, 4) is 0 Å². The predicted octanol–water partition coefficient (Wildman–Crippen LogP) is 2.47. The van der Waals surface area contributed by atoms with Gasteiger partial charge in [0.25, 0.3) is 0 Å². The van der Waals surface area contributed by atoms with Crippen LogP contribution in [0.15, 0.2) is 36.5 Å². The fraction of sp³-hybridized carbons (Fsp3) is 0.333. The van der Waals surface area contributed by atoms with Crippen molar-refractivity contribution in [1.82, 2.24) is 15.0 Å².